The Morgan fingerprint density at radius 3 is 2.00 bits per heavy atom. The van der Waals surface area contributed by atoms with Crippen LogP contribution in [0.15, 0.2) is 0 Å². The van der Waals surface area contributed by atoms with E-state index in [2.05, 4.69) is 28.8 Å². The van der Waals surface area contributed by atoms with Crippen LogP contribution in [0.25, 0.3) is 0 Å². The molecule has 1 heterocycles. The number of rotatable bonds is 3. The van der Waals surface area contributed by atoms with Gasteiger partial charge in [-0.05, 0) is 44.0 Å². The molecule has 0 atom stereocenters. The minimum Gasteiger partial charge on any atom is -0.339 e. The quantitative estimate of drug-likeness (QED) is 0.806. The molecule has 6 heteroatoms. The van der Waals surface area contributed by atoms with E-state index in [1.165, 1.54) is 0 Å². The van der Waals surface area contributed by atoms with Gasteiger partial charge in [-0.2, -0.15) is 15.0 Å². The van der Waals surface area contributed by atoms with Crippen molar-refractivity contribution >= 4 is 29.2 Å². The van der Waals surface area contributed by atoms with Crippen molar-refractivity contribution in [1.29, 1.82) is 0 Å². The van der Waals surface area contributed by atoms with E-state index in [0.29, 0.717) is 12.0 Å². The molecule has 0 spiro atoms. The standard InChI is InChI=1S/C8H12Cl2N4/c1-4-14(5(2)3)8-12-6(9)11-7(10)13-8/h5H,4H2,1-3H3. The normalized spacial score (nSPS) is 10.7. The first-order valence-electron chi connectivity index (χ1n) is 4.38. The summed E-state index contributed by atoms with van der Waals surface area (Å²) in [6.07, 6.45) is 0. The van der Waals surface area contributed by atoms with Crippen LogP contribution in [0, 0.1) is 0 Å². The highest BCUT2D eigenvalue weighted by molar-refractivity contribution is 6.31. The molecule has 0 bridgehead atoms. The first-order chi connectivity index (χ1) is 6.54. The van der Waals surface area contributed by atoms with Gasteiger partial charge in [-0.15, -0.1) is 0 Å². The monoisotopic (exact) mass is 234 g/mol. The zero-order valence-electron chi connectivity index (χ0n) is 8.33. The summed E-state index contributed by atoms with van der Waals surface area (Å²) in [7, 11) is 0. The molecule has 0 aliphatic rings. The highest BCUT2D eigenvalue weighted by Crippen LogP contribution is 2.15. The van der Waals surface area contributed by atoms with Crippen LogP contribution in [0.5, 0.6) is 0 Å². The molecular formula is C8H12Cl2N4. The third kappa shape index (κ3) is 2.69. The Kier molecular flexibility index (Phi) is 3.89. The van der Waals surface area contributed by atoms with Crippen LogP contribution in [0.3, 0.4) is 0 Å². The lowest BCUT2D eigenvalue weighted by Crippen LogP contribution is -2.32. The van der Waals surface area contributed by atoms with Crippen LogP contribution in [0.2, 0.25) is 10.6 Å². The largest absolute Gasteiger partial charge is 0.339 e. The van der Waals surface area contributed by atoms with Crippen molar-refractivity contribution in [2.45, 2.75) is 26.8 Å². The van der Waals surface area contributed by atoms with E-state index in [4.69, 9.17) is 23.2 Å². The summed E-state index contributed by atoms with van der Waals surface area (Å²) in [6, 6.07) is 0.300. The van der Waals surface area contributed by atoms with Crippen LogP contribution in [-0.4, -0.2) is 27.5 Å². The molecule has 0 radical (unpaired) electrons. The Balaban J connectivity index is 3.04. The minimum atomic E-state index is 0.124. The fourth-order valence-electron chi connectivity index (χ4n) is 1.18. The van der Waals surface area contributed by atoms with Crippen molar-refractivity contribution in [3.05, 3.63) is 10.6 Å². The second kappa shape index (κ2) is 4.75. The molecule has 0 aliphatic carbocycles. The van der Waals surface area contributed by atoms with Gasteiger partial charge < -0.3 is 4.90 Å². The van der Waals surface area contributed by atoms with Crippen LogP contribution in [0.4, 0.5) is 5.95 Å². The lowest BCUT2D eigenvalue weighted by atomic mass is 10.3. The molecule has 0 N–H and O–H groups in total. The fraction of sp³-hybridized carbons (Fsp3) is 0.625. The third-order valence-corrected chi connectivity index (χ3v) is 2.13. The number of nitrogens with zero attached hydrogens (tertiary/aromatic N) is 4. The highest BCUT2D eigenvalue weighted by Gasteiger charge is 2.13. The molecule has 1 rings (SSSR count). The van der Waals surface area contributed by atoms with Gasteiger partial charge in [0.1, 0.15) is 0 Å². The summed E-state index contributed by atoms with van der Waals surface area (Å²) in [5.41, 5.74) is 0. The summed E-state index contributed by atoms with van der Waals surface area (Å²) >= 11 is 11.4. The number of aromatic nitrogens is 3. The molecular weight excluding hydrogens is 223 g/mol. The van der Waals surface area contributed by atoms with Gasteiger partial charge in [0.25, 0.3) is 0 Å². The molecule has 0 fully saturated rings. The number of halogens is 2. The second-order valence-electron chi connectivity index (χ2n) is 3.05. The summed E-state index contributed by atoms with van der Waals surface area (Å²) in [5.74, 6) is 0.521. The maximum Gasteiger partial charge on any atom is 0.231 e. The zero-order chi connectivity index (χ0) is 10.7. The maximum absolute atomic E-state index is 5.68. The van der Waals surface area contributed by atoms with E-state index in [1.807, 2.05) is 11.8 Å². The van der Waals surface area contributed by atoms with Crippen molar-refractivity contribution < 1.29 is 0 Å². The summed E-state index contributed by atoms with van der Waals surface area (Å²) < 4.78 is 0. The Bertz CT molecular complexity index is 296. The molecule has 0 unspecified atom stereocenters. The minimum absolute atomic E-state index is 0.124. The number of hydrogen-bond acceptors (Lipinski definition) is 4. The zero-order valence-corrected chi connectivity index (χ0v) is 9.84. The van der Waals surface area contributed by atoms with Gasteiger partial charge in [-0.3, -0.25) is 0 Å². The van der Waals surface area contributed by atoms with Crippen molar-refractivity contribution in [2.75, 3.05) is 11.4 Å². The lowest BCUT2D eigenvalue weighted by Gasteiger charge is -2.24. The van der Waals surface area contributed by atoms with Gasteiger partial charge in [0, 0.05) is 12.6 Å². The molecule has 0 saturated carbocycles. The van der Waals surface area contributed by atoms with Gasteiger partial charge in [0.15, 0.2) is 0 Å². The summed E-state index contributed by atoms with van der Waals surface area (Å²) in [6.45, 7) is 6.92. The van der Waals surface area contributed by atoms with Crippen LogP contribution < -0.4 is 4.90 Å². The van der Waals surface area contributed by atoms with Crippen molar-refractivity contribution in [3.8, 4) is 0 Å². The molecule has 1 aromatic rings. The third-order valence-electron chi connectivity index (χ3n) is 1.79. The number of hydrogen-bond donors (Lipinski definition) is 0. The van der Waals surface area contributed by atoms with Crippen molar-refractivity contribution in [2.24, 2.45) is 0 Å². The lowest BCUT2D eigenvalue weighted by molar-refractivity contribution is 0.678. The van der Waals surface area contributed by atoms with Crippen LogP contribution >= 0.6 is 23.2 Å². The summed E-state index contributed by atoms with van der Waals surface area (Å²) in [5, 5.41) is 0.248. The molecule has 78 valence electrons. The summed E-state index contributed by atoms with van der Waals surface area (Å²) in [4.78, 5) is 13.7. The predicted molar refractivity (Wildman–Crippen MR) is 58.0 cm³/mol. The van der Waals surface area contributed by atoms with Gasteiger partial charge in [0.2, 0.25) is 16.5 Å². The fourth-order valence-corrected chi connectivity index (χ4v) is 1.54. The van der Waals surface area contributed by atoms with Crippen LogP contribution in [0.1, 0.15) is 20.8 Å². The molecule has 4 nitrogen and oxygen atoms in total. The van der Waals surface area contributed by atoms with Gasteiger partial charge in [0.05, 0.1) is 0 Å². The van der Waals surface area contributed by atoms with E-state index < -0.39 is 0 Å². The predicted octanol–water partition coefficient (Wildman–Crippen LogP) is 2.41. The Labute approximate surface area is 93.3 Å². The SMILES string of the molecule is CCN(c1nc(Cl)nc(Cl)n1)C(C)C. The van der Waals surface area contributed by atoms with E-state index in [-0.39, 0.29) is 10.6 Å². The number of anilines is 1. The molecule has 0 aromatic carbocycles. The average Bonchev–Trinajstić information content (AvgIpc) is 2.02. The molecule has 0 amide bonds. The second-order valence-corrected chi connectivity index (χ2v) is 3.73. The first kappa shape index (κ1) is 11.5. The maximum atomic E-state index is 5.68. The highest BCUT2D eigenvalue weighted by atomic mass is 35.5. The molecule has 1 aromatic heterocycles. The van der Waals surface area contributed by atoms with Gasteiger partial charge in [-0.25, -0.2) is 0 Å². The Morgan fingerprint density at radius 2 is 1.64 bits per heavy atom. The average molecular weight is 235 g/mol. The Morgan fingerprint density at radius 1 is 1.14 bits per heavy atom. The van der Waals surface area contributed by atoms with E-state index in [9.17, 15) is 0 Å². The van der Waals surface area contributed by atoms with Crippen molar-refractivity contribution in [1.82, 2.24) is 15.0 Å². The Hall–Kier alpha value is -0.610. The van der Waals surface area contributed by atoms with Gasteiger partial charge >= 0.3 is 0 Å². The van der Waals surface area contributed by atoms with E-state index >= 15 is 0 Å². The smallest absolute Gasteiger partial charge is 0.231 e. The van der Waals surface area contributed by atoms with Crippen LogP contribution in [-0.2, 0) is 0 Å². The first-order valence-corrected chi connectivity index (χ1v) is 5.14. The molecule has 0 aliphatic heterocycles. The van der Waals surface area contributed by atoms with Crippen molar-refractivity contribution in [3.63, 3.8) is 0 Å². The van der Waals surface area contributed by atoms with E-state index in [0.717, 1.165) is 6.54 Å². The van der Waals surface area contributed by atoms with Gasteiger partial charge in [-0.1, -0.05) is 0 Å². The molecule has 0 saturated heterocycles. The topological polar surface area (TPSA) is 41.9 Å². The molecule has 14 heavy (non-hydrogen) atoms. The van der Waals surface area contributed by atoms with E-state index in [1.54, 1.807) is 0 Å².